The van der Waals surface area contributed by atoms with E-state index < -0.39 is 6.03 Å². The Morgan fingerprint density at radius 3 is 2.65 bits per heavy atom. The molecule has 0 aliphatic heterocycles. The molecule has 0 bridgehead atoms. The van der Waals surface area contributed by atoms with Crippen LogP contribution in [0.5, 0.6) is 11.5 Å². The molecule has 2 aromatic rings. The number of methoxy groups -OCH3 is 2. The maximum Gasteiger partial charge on any atom is 0.332 e. The molecule has 0 aliphatic carbocycles. The first-order chi connectivity index (χ1) is 9.65. The zero-order valence-electron chi connectivity index (χ0n) is 11.2. The summed E-state index contributed by atoms with van der Waals surface area (Å²) in [5, 5.41) is 5.69. The molecule has 6 heteroatoms. The first kappa shape index (κ1) is 13.7. The lowest BCUT2D eigenvalue weighted by molar-refractivity contribution is 0.249. The Kier molecular flexibility index (Phi) is 4.05. The number of nitrogens with one attached hydrogen (secondary N) is 1. The molecule has 0 aromatic heterocycles. The molecule has 2 rings (SSSR count). The van der Waals surface area contributed by atoms with Gasteiger partial charge in [0, 0.05) is 5.56 Å². The number of hydrazone groups is 1. The third kappa shape index (κ3) is 2.80. The number of carbonyl (C=O) groups excluding carboxylic acids is 1. The van der Waals surface area contributed by atoms with Gasteiger partial charge in [-0.25, -0.2) is 10.2 Å². The van der Waals surface area contributed by atoms with Gasteiger partial charge >= 0.3 is 6.03 Å². The molecular formula is C14H15N3O3. The first-order valence-corrected chi connectivity index (χ1v) is 5.89. The van der Waals surface area contributed by atoms with Crippen LogP contribution >= 0.6 is 0 Å². The van der Waals surface area contributed by atoms with Crippen LogP contribution in [0.1, 0.15) is 5.56 Å². The molecule has 20 heavy (non-hydrogen) atoms. The average molecular weight is 273 g/mol. The molecule has 0 aliphatic rings. The lowest BCUT2D eigenvalue weighted by Crippen LogP contribution is -2.24. The van der Waals surface area contributed by atoms with Gasteiger partial charge in [0.2, 0.25) is 0 Å². The Bertz CT molecular complexity index is 663. The fraction of sp³-hybridized carbons (Fsp3) is 0.143. The van der Waals surface area contributed by atoms with Gasteiger partial charge in [-0.2, -0.15) is 5.10 Å². The molecule has 0 spiro atoms. The minimum Gasteiger partial charge on any atom is -0.497 e. The van der Waals surface area contributed by atoms with Crippen LogP contribution in [0.3, 0.4) is 0 Å². The fourth-order valence-electron chi connectivity index (χ4n) is 1.90. The molecule has 2 amide bonds. The van der Waals surface area contributed by atoms with Crippen LogP contribution in [-0.4, -0.2) is 26.5 Å². The van der Waals surface area contributed by atoms with Gasteiger partial charge in [0.05, 0.1) is 20.4 Å². The molecule has 0 radical (unpaired) electrons. The van der Waals surface area contributed by atoms with Gasteiger partial charge < -0.3 is 15.2 Å². The van der Waals surface area contributed by atoms with Crippen molar-refractivity contribution in [1.82, 2.24) is 5.43 Å². The molecule has 104 valence electrons. The Labute approximate surface area is 116 Å². The predicted octanol–water partition coefficient (Wildman–Crippen LogP) is 1.86. The Balaban J connectivity index is 2.56. The second-order valence-electron chi connectivity index (χ2n) is 4.00. The van der Waals surface area contributed by atoms with Crippen molar-refractivity contribution in [2.45, 2.75) is 0 Å². The number of nitrogens with zero attached hydrogens (tertiary/aromatic N) is 1. The number of rotatable bonds is 4. The van der Waals surface area contributed by atoms with Crippen molar-refractivity contribution in [3.8, 4) is 11.5 Å². The van der Waals surface area contributed by atoms with Crippen LogP contribution < -0.4 is 20.6 Å². The molecule has 0 unspecified atom stereocenters. The van der Waals surface area contributed by atoms with E-state index in [9.17, 15) is 4.79 Å². The van der Waals surface area contributed by atoms with E-state index in [1.165, 1.54) is 6.21 Å². The van der Waals surface area contributed by atoms with E-state index in [1.54, 1.807) is 14.2 Å². The summed E-state index contributed by atoms with van der Waals surface area (Å²) in [5.74, 6) is 1.36. The normalized spacial score (nSPS) is 10.7. The number of primary amides is 1. The standard InChI is InChI=1S/C14H15N3O3/c1-19-10-5-3-9-4-6-13(20-2)12(11(9)7-10)8-16-17-14(15)18/h3-8H,1-2H3,(H3,15,17,18)/b16-8+. The van der Waals surface area contributed by atoms with E-state index in [2.05, 4.69) is 10.5 Å². The van der Waals surface area contributed by atoms with Gasteiger partial charge in [-0.3, -0.25) is 0 Å². The van der Waals surface area contributed by atoms with E-state index in [1.807, 2.05) is 30.3 Å². The van der Waals surface area contributed by atoms with Gasteiger partial charge in [-0.1, -0.05) is 12.1 Å². The number of benzene rings is 2. The number of hydrogen-bond donors (Lipinski definition) is 2. The van der Waals surface area contributed by atoms with Crippen molar-refractivity contribution < 1.29 is 14.3 Å². The summed E-state index contributed by atoms with van der Waals surface area (Å²) >= 11 is 0. The smallest absolute Gasteiger partial charge is 0.332 e. The molecule has 6 nitrogen and oxygen atoms in total. The minimum atomic E-state index is -0.724. The predicted molar refractivity (Wildman–Crippen MR) is 77.4 cm³/mol. The number of nitrogens with two attached hydrogens (primary N) is 1. The third-order valence-electron chi connectivity index (χ3n) is 2.82. The van der Waals surface area contributed by atoms with Gasteiger partial charge in [-0.05, 0) is 29.0 Å². The van der Waals surface area contributed by atoms with E-state index >= 15 is 0 Å². The fourth-order valence-corrected chi connectivity index (χ4v) is 1.90. The van der Waals surface area contributed by atoms with Gasteiger partial charge in [0.15, 0.2) is 0 Å². The Morgan fingerprint density at radius 1 is 1.25 bits per heavy atom. The Hall–Kier alpha value is -2.76. The monoisotopic (exact) mass is 273 g/mol. The van der Waals surface area contributed by atoms with Crippen molar-refractivity contribution in [3.63, 3.8) is 0 Å². The SMILES string of the molecule is COc1ccc2ccc(OC)c(/C=N/NC(N)=O)c2c1. The molecule has 3 N–H and O–H groups in total. The van der Waals surface area contributed by atoms with Gasteiger partial charge in [-0.15, -0.1) is 0 Å². The quantitative estimate of drug-likeness (QED) is 0.658. The van der Waals surface area contributed by atoms with Crippen LogP contribution in [0.25, 0.3) is 10.8 Å². The molecule has 0 heterocycles. The topological polar surface area (TPSA) is 85.9 Å². The molecule has 2 aromatic carbocycles. The molecule has 0 fully saturated rings. The van der Waals surface area contributed by atoms with Crippen LogP contribution in [0.15, 0.2) is 35.4 Å². The minimum absolute atomic E-state index is 0.640. The lowest BCUT2D eigenvalue weighted by atomic mass is 10.0. The van der Waals surface area contributed by atoms with Crippen molar-refractivity contribution in [2.75, 3.05) is 14.2 Å². The number of ether oxygens (including phenoxy) is 2. The van der Waals surface area contributed by atoms with Crippen LogP contribution in [-0.2, 0) is 0 Å². The lowest BCUT2D eigenvalue weighted by Gasteiger charge is -2.09. The zero-order valence-corrected chi connectivity index (χ0v) is 11.2. The second-order valence-corrected chi connectivity index (χ2v) is 4.00. The largest absolute Gasteiger partial charge is 0.497 e. The summed E-state index contributed by atoms with van der Waals surface area (Å²) in [6, 6.07) is 8.73. The van der Waals surface area contributed by atoms with Crippen molar-refractivity contribution in [2.24, 2.45) is 10.8 Å². The van der Waals surface area contributed by atoms with Gasteiger partial charge in [0.25, 0.3) is 0 Å². The Morgan fingerprint density at radius 2 is 2.00 bits per heavy atom. The molecule has 0 atom stereocenters. The summed E-state index contributed by atoms with van der Waals surface area (Å²) in [5.41, 5.74) is 7.86. The number of fused-ring (bicyclic) bond motifs is 1. The maximum atomic E-state index is 10.7. The second kappa shape index (κ2) is 5.92. The van der Waals surface area contributed by atoms with Crippen molar-refractivity contribution in [1.29, 1.82) is 0 Å². The number of carbonyl (C=O) groups is 1. The van der Waals surface area contributed by atoms with Crippen molar-refractivity contribution in [3.05, 3.63) is 35.9 Å². The zero-order chi connectivity index (χ0) is 14.5. The summed E-state index contributed by atoms with van der Waals surface area (Å²) in [6.07, 6.45) is 1.49. The first-order valence-electron chi connectivity index (χ1n) is 5.89. The highest BCUT2D eigenvalue weighted by Crippen LogP contribution is 2.29. The highest BCUT2D eigenvalue weighted by Gasteiger charge is 2.07. The molecule has 0 saturated carbocycles. The van der Waals surface area contributed by atoms with E-state index in [0.717, 1.165) is 22.1 Å². The number of urea groups is 1. The van der Waals surface area contributed by atoms with Crippen LogP contribution in [0.2, 0.25) is 0 Å². The average Bonchev–Trinajstić information content (AvgIpc) is 2.46. The molecular weight excluding hydrogens is 258 g/mol. The van der Waals surface area contributed by atoms with E-state index in [-0.39, 0.29) is 0 Å². The van der Waals surface area contributed by atoms with E-state index in [0.29, 0.717) is 5.75 Å². The summed E-state index contributed by atoms with van der Waals surface area (Å²) < 4.78 is 10.5. The third-order valence-corrected chi connectivity index (χ3v) is 2.82. The highest BCUT2D eigenvalue weighted by atomic mass is 16.5. The maximum absolute atomic E-state index is 10.7. The summed E-state index contributed by atoms with van der Waals surface area (Å²) in [6.45, 7) is 0. The van der Waals surface area contributed by atoms with Crippen molar-refractivity contribution >= 4 is 23.0 Å². The van der Waals surface area contributed by atoms with Gasteiger partial charge in [0.1, 0.15) is 11.5 Å². The summed E-state index contributed by atoms with van der Waals surface area (Å²) in [4.78, 5) is 10.7. The molecule has 0 saturated heterocycles. The summed E-state index contributed by atoms with van der Waals surface area (Å²) in [7, 11) is 3.17. The van der Waals surface area contributed by atoms with Crippen LogP contribution in [0, 0.1) is 0 Å². The number of amides is 2. The van der Waals surface area contributed by atoms with E-state index in [4.69, 9.17) is 15.2 Å². The highest BCUT2D eigenvalue weighted by molar-refractivity contribution is 6.03. The number of hydrogen-bond acceptors (Lipinski definition) is 4. The van der Waals surface area contributed by atoms with Crippen LogP contribution in [0.4, 0.5) is 4.79 Å².